The largest absolute Gasteiger partial charge is 0.457 e. The first-order valence-corrected chi connectivity index (χ1v) is 24.9. The summed E-state index contributed by atoms with van der Waals surface area (Å²) < 4.78 is 59.0. The first-order valence-electron chi connectivity index (χ1n) is 23.5. The fourth-order valence-electron chi connectivity index (χ4n) is 6.41. The number of rotatable bonds is 39. The van der Waals surface area contributed by atoms with E-state index in [2.05, 4.69) is 115 Å². The minimum Gasteiger partial charge on any atom is -0.457 e. The second kappa shape index (κ2) is 40.5. The molecule has 0 aromatic carbocycles. The van der Waals surface area contributed by atoms with Crippen molar-refractivity contribution in [3.8, 4) is 0 Å². The Bertz CT molecular complexity index is 1460. The van der Waals surface area contributed by atoms with E-state index in [4.69, 9.17) is 23.5 Å². The van der Waals surface area contributed by atoms with Crippen molar-refractivity contribution in [3.05, 3.63) is 97.2 Å². The summed E-state index contributed by atoms with van der Waals surface area (Å²) in [6.45, 7) is 3.70. The number of aliphatic hydroxyl groups is 3. The zero-order valence-electron chi connectivity index (χ0n) is 38.3. The van der Waals surface area contributed by atoms with Crippen LogP contribution in [0.5, 0.6) is 0 Å². The summed E-state index contributed by atoms with van der Waals surface area (Å²) in [6, 6.07) is 0. The van der Waals surface area contributed by atoms with Crippen LogP contribution in [-0.4, -0.2) is 97.5 Å². The molecule has 1 rings (SSSR count). The maximum absolute atomic E-state index is 12.8. The second-order valence-corrected chi connectivity index (χ2v) is 16.7. The fourth-order valence-corrected chi connectivity index (χ4v) is 6.92. The van der Waals surface area contributed by atoms with Crippen LogP contribution in [0.1, 0.15) is 149 Å². The lowest BCUT2D eigenvalue weighted by Crippen LogP contribution is -2.60. The molecule has 6 atom stereocenters. The molecule has 12 nitrogen and oxygen atoms in total. The Hall–Kier alpha value is -2.98. The van der Waals surface area contributed by atoms with Crippen molar-refractivity contribution in [2.45, 2.75) is 185 Å². The molecule has 0 radical (unpaired) electrons. The molecule has 4 N–H and O–H groups in total. The smallest absolute Gasteiger partial charge is 0.397 e. The van der Waals surface area contributed by atoms with Gasteiger partial charge in [-0.2, -0.15) is 8.42 Å². The van der Waals surface area contributed by atoms with Crippen molar-refractivity contribution >= 4 is 16.4 Å². The third kappa shape index (κ3) is 34.1. The summed E-state index contributed by atoms with van der Waals surface area (Å²) in [5, 5.41) is 30.7. The number of esters is 1. The quantitative estimate of drug-likeness (QED) is 0.0199. The van der Waals surface area contributed by atoms with Crippen LogP contribution < -0.4 is 0 Å². The average Bonchev–Trinajstić information content (AvgIpc) is 3.26. The van der Waals surface area contributed by atoms with Crippen LogP contribution in [0, 0.1) is 0 Å². The maximum Gasteiger partial charge on any atom is 0.397 e. The molecule has 0 bridgehead atoms. The maximum atomic E-state index is 12.8. The van der Waals surface area contributed by atoms with Crippen molar-refractivity contribution in [1.82, 2.24) is 0 Å². The van der Waals surface area contributed by atoms with E-state index in [0.717, 1.165) is 103 Å². The van der Waals surface area contributed by atoms with Crippen LogP contribution in [0.3, 0.4) is 0 Å². The van der Waals surface area contributed by atoms with Crippen molar-refractivity contribution in [2.24, 2.45) is 0 Å². The summed E-state index contributed by atoms with van der Waals surface area (Å²) in [4.78, 5) is 12.8. The third-order valence-corrected chi connectivity index (χ3v) is 10.4. The van der Waals surface area contributed by atoms with Crippen LogP contribution in [0.25, 0.3) is 0 Å². The van der Waals surface area contributed by atoms with Gasteiger partial charge in [0.1, 0.15) is 30.5 Å². The van der Waals surface area contributed by atoms with Gasteiger partial charge in [0.05, 0.1) is 19.8 Å². The summed E-state index contributed by atoms with van der Waals surface area (Å²) in [5.74, 6) is -0.430. The predicted molar refractivity (Wildman–Crippen MR) is 252 cm³/mol. The monoisotopic (exact) mass is 907 g/mol. The normalized spacial score (nSPS) is 20.8. The van der Waals surface area contributed by atoms with Crippen molar-refractivity contribution < 1.29 is 56.2 Å². The lowest BCUT2D eigenvalue weighted by molar-refractivity contribution is -0.301. The van der Waals surface area contributed by atoms with Gasteiger partial charge in [0.25, 0.3) is 0 Å². The molecule has 1 fully saturated rings. The van der Waals surface area contributed by atoms with Gasteiger partial charge in [0, 0.05) is 13.0 Å². The number of hydrogen-bond donors (Lipinski definition) is 4. The predicted octanol–water partition coefficient (Wildman–Crippen LogP) is 10.2. The number of aliphatic hydroxyl groups excluding tert-OH is 3. The van der Waals surface area contributed by atoms with Crippen molar-refractivity contribution in [3.63, 3.8) is 0 Å². The number of ether oxygens (including phenoxy) is 4. The van der Waals surface area contributed by atoms with E-state index in [0.29, 0.717) is 13.0 Å². The molecule has 0 spiro atoms. The third-order valence-electron chi connectivity index (χ3n) is 9.94. The number of hydrogen-bond acceptors (Lipinski definition) is 11. The Kier molecular flexibility index (Phi) is 37.3. The van der Waals surface area contributed by atoms with E-state index in [-0.39, 0.29) is 19.6 Å². The van der Waals surface area contributed by atoms with E-state index >= 15 is 0 Å². The summed E-state index contributed by atoms with van der Waals surface area (Å²) in [5.41, 5.74) is 0. The molecule has 63 heavy (non-hydrogen) atoms. The average molecular weight is 907 g/mol. The standard InChI is InChI=1S/C50H82O12S/c1-3-5-7-9-11-13-15-17-18-19-20-21-22-23-24-25-26-27-28-30-32-34-36-38-40-58-42-44(60-46(52)39-37-35-33-31-29-16-14-12-10-8-6-4-2)43-59-50-48(54)49(62-63(55,56)57)47(53)45(41-51)61-50/h5,7,11-14,17-18,20-21,23-24,26-27,30,32,44-45,47-51,53-54H,3-4,6,8-10,15-16,19,22,25,28-29,31,33-43H2,1-2H3,(H,55,56,57)/b7-5-,13-11-,14-12-,18-17-,21-20-,24-23-,27-26-,32-30-. The fraction of sp³-hybridized carbons (Fsp3) is 0.660. The molecule has 0 saturated carbocycles. The Labute approximate surface area is 380 Å². The second-order valence-electron chi connectivity index (χ2n) is 15.6. The lowest BCUT2D eigenvalue weighted by atomic mass is 9.99. The molecule has 360 valence electrons. The molecule has 1 aliphatic rings. The molecule has 0 aromatic rings. The van der Waals surface area contributed by atoms with Crippen LogP contribution in [-0.2, 0) is 38.3 Å². The minimum atomic E-state index is -5.07. The summed E-state index contributed by atoms with van der Waals surface area (Å²) in [6.07, 6.45) is 45.9. The van der Waals surface area contributed by atoms with Gasteiger partial charge in [0.15, 0.2) is 6.29 Å². The van der Waals surface area contributed by atoms with Crippen LogP contribution in [0.4, 0.5) is 0 Å². The van der Waals surface area contributed by atoms with Gasteiger partial charge < -0.3 is 34.3 Å². The van der Waals surface area contributed by atoms with Crippen molar-refractivity contribution in [2.75, 3.05) is 26.4 Å². The highest BCUT2D eigenvalue weighted by Crippen LogP contribution is 2.26. The zero-order valence-corrected chi connectivity index (χ0v) is 39.2. The van der Waals surface area contributed by atoms with Gasteiger partial charge >= 0.3 is 16.4 Å². The van der Waals surface area contributed by atoms with Gasteiger partial charge in [0.2, 0.25) is 0 Å². The highest BCUT2D eigenvalue weighted by Gasteiger charge is 2.48. The Morgan fingerprint density at radius 2 is 1.10 bits per heavy atom. The highest BCUT2D eigenvalue weighted by molar-refractivity contribution is 7.80. The molecule has 13 heteroatoms. The van der Waals surface area contributed by atoms with Gasteiger partial charge in [-0.05, 0) is 96.3 Å². The Morgan fingerprint density at radius 1 is 0.619 bits per heavy atom. The zero-order chi connectivity index (χ0) is 46.1. The van der Waals surface area contributed by atoms with Gasteiger partial charge in [-0.15, -0.1) is 0 Å². The molecule has 6 unspecified atom stereocenters. The highest BCUT2D eigenvalue weighted by atomic mass is 32.3. The Morgan fingerprint density at radius 3 is 1.62 bits per heavy atom. The number of carbonyl (C=O) groups excluding carboxylic acids is 1. The van der Waals surface area contributed by atoms with Crippen molar-refractivity contribution in [1.29, 1.82) is 0 Å². The SMILES string of the molecule is CC/C=C\C/C=C\C/C=C\C/C=C\C/C=C\C/C=C\C/C=C\CCCCOCC(COC1OC(CO)C(O)C(OS(=O)(=O)O)C1O)OC(=O)CCCCCCC/C=C\CCCCC. The topological polar surface area (TPSA) is 178 Å². The molecule has 0 aromatic heterocycles. The van der Waals surface area contributed by atoms with E-state index in [1.54, 1.807) is 0 Å². The summed E-state index contributed by atoms with van der Waals surface area (Å²) in [7, 11) is -5.07. The van der Waals surface area contributed by atoms with Gasteiger partial charge in [-0.1, -0.05) is 143 Å². The first kappa shape index (κ1) is 58.0. The van der Waals surface area contributed by atoms with Gasteiger partial charge in [-0.25, -0.2) is 4.18 Å². The molecule has 1 saturated heterocycles. The van der Waals surface area contributed by atoms with Gasteiger partial charge in [-0.3, -0.25) is 9.35 Å². The van der Waals surface area contributed by atoms with E-state index in [1.165, 1.54) is 19.3 Å². The van der Waals surface area contributed by atoms with E-state index < -0.39 is 59.8 Å². The number of carbonyl (C=O) groups is 1. The molecule has 0 aliphatic carbocycles. The minimum absolute atomic E-state index is 0.00393. The van der Waals surface area contributed by atoms with E-state index in [9.17, 15) is 28.5 Å². The first-order chi connectivity index (χ1) is 30.6. The van der Waals surface area contributed by atoms with Crippen LogP contribution in [0.2, 0.25) is 0 Å². The number of allylic oxidation sites excluding steroid dienone is 16. The number of unbranched alkanes of at least 4 members (excludes halogenated alkanes) is 10. The molecular formula is C50H82O12S. The lowest BCUT2D eigenvalue weighted by Gasteiger charge is -2.41. The van der Waals surface area contributed by atoms with Crippen LogP contribution in [0.15, 0.2) is 97.2 Å². The molecular weight excluding hydrogens is 825 g/mol. The summed E-state index contributed by atoms with van der Waals surface area (Å²) >= 11 is 0. The van der Waals surface area contributed by atoms with Crippen LogP contribution >= 0.6 is 0 Å². The molecule has 1 aliphatic heterocycles. The van der Waals surface area contributed by atoms with E-state index in [1.807, 2.05) is 0 Å². The Balaban J connectivity index is 2.43. The molecule has 1 heterocycles. The molecule has 0 amide bonds.